The molecular formula is C16H12ClN7O2S. The van der Waals surface area contributed by atoms with Gasteiger partial charge >= 0.3 is 0 Å². The van der Waals surface area contributed by atoms with E-state index in [0.29, 0.717) is 16.8 Å². The minimum absolute atomic E-state index is 0.153. The summed E-state index contributed by atoms with van der Waals surface area (Å²) in [6.07, 6.45) is 2.13. The molecule has 0 saturated carbocycles. The highest BCUT2D eigenvalue weighted by molar-refractivity contribution is 7.15. The van der Waals surface area contributed by atoms with Gasteiger partial charge < -0.3 is 5.32 Å². The van der Waals surface area contributed by atoms with Gasteiger partial charge in [-0.1, -0.05) is 11.6 Å². The fraction of sp³-hybridized carbons (Fsp3) is 0.188. The topological polar surface area (TPSA) is 110 Å². The van der Waals surface area contributed by atoms with E-state index in [1.165, 1.54) is 22.1 Å². The number of nitrogens with zero attached hydrogens (tertiary/aromatic N) is 5. The van der Waals surface area contributed by atoms with Crippen molar-refractivity contribution in [2.24, 2.45) is 0 Å². The number of hydrogen-bond acceptors (Lipinski definition) is 6. The zero-order valence-electron chi connectivity index (χ0n) is 13.9. The summed E-state index contributed by atoms with van der Waals surface area (Å²) in [5.74, 6) is 0.483. The van der Waals surface area contributed by atoms with Gasteiger partial charge in [-0.15, -0.1) is 11.3 Å². The molecule has 0 unspecified atom stereocenters. The van der Waals surface area contributed by atoms with Gasteiger partial charge in [-0.2, -0.15) is 14.9 Å². The maximum absolute atomic E-state index is 12.5. The van der Waals surface area contributed by atoms with E-state index in [1.54, 1.807) is 6.07 Å². The van der Waals surface area contributed by atoms with Gasteiger partial charge in [0.2, 0.25) is 5.91 Å². The van der Waals surface area contributed by atoms with Crippen molar-refractivity contribution in [3.05, 3.63) is 56.2 Å². The summed E-state index contributed by atoms with van der Waals surface area (Å²) in [4.78, 5) is 28.9. The molecule has 2 N–H and O–H groups in total. The van der Waals surface area contributed by atoms with Crippen LogP contribution in [0, 0.1) is 6.92 Å². The Morgan fingerprint density at radius 2 is 2.19 bits per heavy atom. The van der Waals surface area contributed by atoms with Gasteiger partial charge in [0, 0.05) is 35.5 Å². The number of halogens is 1. The number of amides is 1. The van der Waals surface area contributed by atoms with Crippen LogP contribution in [0.5, 0.6) is 0 Å². The van der Waals surface area contributed by atoms with Gasteiger partial charge in [-0.25, -0.2) is 10.1 Å². The molecule has 136 valence electrons. The molecule has 0 radical (unpaired) electrons. The lowest BCUT2D eigenvalue weighted by Crippen LogP contribution is -2.26. The lowest BCUT2D eigenvalue weighted by atomic mass is 9.89. The molecule has 27 heavy (non-hydrogen) atoms. The number of fused-ring (bicyclic) bond motifs is 2. The maximum Gasteiger partial charge on any atom is 0.264 e. The number of anilines is 1. The van der Waals surface area contributed by atoms with Gasteiger partial charge in [0.15, 0.2) is 15.9 Å². The van der Waals surface area contributed by atoms with E-state index in [0.717, 1.165) is 21.9 Å². The van der Waals surface area contributed by atoms with Crippen molar-refractivity contribution >= 4 is 39.6 Å². The zero-order valence-corrected chi connectivity index (χ0v) is 15.5. The Balaban J connectivity index is 1.74. The van der Waals surface area contributed by atoms with Crippen molar-refractivity contribution in [1.82, 2.24) is 29.4 Å². The largest absolute Gasteiger partial charge is 0.310 e. The van der Waals surface area contributed by atoms with E-state index in [-0.39, 0.29) is 23.8 Å². The summed E-state index contributed by atoms with van der Waals surface area (Å²) in [6.45, 7) is 1.87. The Hall–Kier alpha value is -2.98. The first-order chi connectivity index (χ1) is 13.0. The van der Waals surface area contributed by atoms with E-state index in [2.05, 4.69) is 25.6 Å². The van der Waals surface area contributed by atoms with Crippen molar-refractivity contribution in [1.29, 1.82) is 0 Å². The van der Waals surface area contributed by atoms with Crippen molar-refractivity contribution in [2.45, 2.75) is 19.3 Å². The SMILES string of the molecule is Cc1nn(-c2ccc(=O)[nH]n2)c2c1[C@@H](c1c(Cl)nc3sccn13)CC(=O)N2. The van der Waals surface area contributed by atoms with Gasteiger partial charge in [0.25, 0.3) is 5.56 Å². The summed E-state index contributed by atoms with van der Waals surface area (Å²) in [5, 5.41) is 16.1. The predicted molar refractivity (Wildman–Crippen MR) is 99.9 cm³/mol. The molecule has 11 heteroatoms. The molecule has 5 heterocycles. The van der Waals surface area contributed by atoms with Crippen molar-refractivity contribution < 1.29 is 4.79 Å². The minimum Gasteiger partial charge on any atom is -0.310 e. The third-order valence-corrected chi connectivity index (χ3v) is 5.60. The summed E-state index contributed by atoms with van der Waals surface area (Å²) >= 11 is 7.89. The first-order valence-electron chi connectivity index (χ1n) is 8.09. The highest BCUT2D eigenvalue weighted by Gasteiger charge is 2.36. The average Bonchev–Trinajstić information content (AvgIpc) is 3.28. The standard InChI is InChI=1S/C16H12ClN7O2S/c1-7-12-8(13-14(17)19-16-23(13)4-5-27-16)6-11(26)18-15(12)24(22-7)9-2-3-10(25)21-20-9/h2-5,8H,6H2,1H3,(H,18,26)(H,21,25)/t8-/m0/s1. The molecule has 4 aromatic rings. The second kappa shape index (κ2) is 5.76. The number of carbonyl (C=O) groups excluding carboxylic acids is 1. The zero-order chi connectivity index (χ0) is 18.7. The number of rotatable bonds is 2. The first kappa shape index (κ1) is 16.2. The maximum atomic E-state index is 12.5. The summed E-state index contributed by atoms with van der Waals surface area (Å²) in [6, 6.07) is 2.90. The van der Waals surface area contributed by atoms with E-state index in [1.807, 2.05) is 22.9 Å². The molecule has 5 rings (SSSR count). The first-order valence-corrected chi connectivity index (χ1v) is 9.35. The van der Waals surface area contributed by atoms with Crippen LogP contribution in [0.4, 0.5) is 5.82 Å². The number of thiazole rings is 1. The predicted octanol–water partition coefficient (Wildman–Crippen LogP) is 2.10. The lowest BCUT2D eigenvalue weighted by Gasteiger charge is -2.23. The third kappa shape index (κ3) is 2.41. The number of aromatic amines is 1. The quantitative estimate of drug-likeness (QED) is 0.534. The monoisotopic (exact) mass is 401 g/mol. The van der Waals surface area contributed by atoms with Gasteiger partial charge in [-0.3, -0.25) is 14.0 Å². The molecule has 0 aromatic carbocycles. The highest BCUT2D eigenvalue weighted by Crippen LogP contribution is 2.42. The number of aromatic nitrogens is 6. The Kier molecular flexibility index (Phi) is 3.46. The van der Waals surface area contributed by atoms with Crippen molar-refractivity contribution in [2.75, 3.05) is 5.32 Å². The Morgan fingerprint density at radius 1 is 1.33 bits per heavy atom. The number of H-pyrrole nitrogens is 1. The molecule has 4 aromatic heterocycles. The summed E-state index contributed by atoms with van der Waals surface area (Å²) in [5.41, 5.74) is 2.05. The fourth-order valence-corrected chi connectivity index (χ4v) is 4.56. The Labute approximate surface area is 160 Å². The minimum atomic E-state index is -0.315. The summed E-state index contributed by atoms with van der Waals surface area (Å²) < 4.78 is 3.43. The van der Waals surface area contributed by atoms with Crippen LogP contribution in [-0.2, 0) is 4.79 Å². The van der Waals surface area contributed by atoms with E-state index in [9.17, 15) is 9.59 Å². The summed E-state index contributed by atoms with van der Waals surface area (Å²) in [7, 11) is 0. The van der Waals surface area contributed by atoms with Crippen LogP contribution < -0.4 is 10.9 Å². The van der Waals surface area contributed by atoms with Crippen LogP contribution in [0.25, 0.3) is 10.8 Å². The Bertz CT molecular complexity index is 1250. The number of nitrogens with one attached hydrogen (secondary N) is 2. The van der Waals surface area contributed by atoms with Crippen molar-refractivity contribution in [3.8, 4) is 5.82 Å². The average molecular weight is 402 g/mol. The highest BCUT2D eigenvalue weighted by atomic mass is 35.5. The molecule has 0 saturated heterocycles. The molecule has 1 atom stereocenters. The molecule has 1 amide bonds. The third-order valence-electron chi connectivity index (χ3n) is 4.57. The number of carbonyl (C=O) groups is 1. The molecule has 1 aliphatic heterocycles. The van der Waals surface area contributed by atoms with Crippen LogP contribution in [0.15, 0.2) is 28.5 Å². The normalized spacial score (nSPS) is 16.5. The van der Waals surface area contributed by atoms with Crippen LogP contribution in [0.3, 0.4) is 0 Å². The second-order valence-electron chi connectivity index (χ2n) is 6.19. The second-order valence-corrected chi connectivity index (χ2v) is 7.42. The van der Waals surface area contributed by atoms with Crippen LogP contribution >= 0.6 is 22.9 Å². The van der Waals surface area contributed by atoms with E-state index >= 15 is 0 Å². The van der Waals surface area contributed by atoms with Gasteiger partial charge in [0.1, 0.15) is 5.82 Å². The van der Waals surface area contributed by atoms with Crippen LogP contribution in [-0.4, -0.2) is 35.3 Å². The lowest BCUT2D eigenvalue weighted by molar-refractivity contribution is -0.116. The molecule has 9 nitrogen and oxygen atoms in total. The molecular weight excluding hydrogens is 390 g/mol. The molecule has 0 bridgehead atoms. The van der Waals surface area contributed by atoms with Crippen LogP contribution in [0.1, 0.15) is 29.3 Å². The van der Waals surface area contributed by atoms with Crippen LogP contribution in [0.2, 0.25) is 5.15 Å². The number of imidazole rings is 1. The molecule has 0 spiro atoms. The van der Waals surface area contributed by atoms with Crippen molar-refractivity contribution in [3.63, 3.8) is 0 Å². The number of aryl methyl sites for hydroxylation is 1. The molecule has 0 fully saturated rings. The van der Waals surface area contributed by atoms with Gasteiger partial charge in [0.05, 0.1) is 11.4 Å². The van der Waals surface area contributed by atoms with E-state index < -0.39 is 0 Å². The van der Waals surface area contributed by atoms with Gasteiger partial charge in [-0.05, 0) is 13.0 Å². The smallest absolute Gasteiger partial charge is 0.264 e. The number of hydrogen-bond donors (Lipinski definition) is 2. The van der Waals surface area contributed by atoms with E-state index in [4.69, 9.17) is 11.6 Å². The fourth-order valence-electron chi connectivity index (χ4n) is 3.49. The Morgan fingerprint density at radius 3 is 2.96 bits per heavy atom. The molecule has 1 aliphatic rings. The molecule has 0 aliphatic carbocycles.